The smallest absolute Gasteiger partial charge is 0.348 e. The van der Waals surface area contributed by atoms with Crippen molar-refractivity contribution in [1.82, 2.24) is 0 Å². The summed E-state index contributed by atoms with van der Waals surface area (Å²) >= 11 is 0. The van der Waals surface area contributed by atoms with E-state index in [1.54, 1.807) is 6.08 Å². The third kappa shape index (κ3) is 4.24. The Balaban J connectivity index is 1.38. The summed E-state index contributed by atoms with van der Waals surface area (Å²) in [6, 6.07) is 3.34. The lowest BCUT2D eigenvalue weighted by Gasteiger charge is -2.59. The first kappa shape index (κ1) is 27.4. The molecular weight excluding hydrogens is 532 g/mol. The minimum Gasteiger partial charge on any atom is -0.504 e. The Hall–Kier alpha value is -4.13. The van der Waals surface area contributed by atoms with E-state index in [0.29, 0.717) is 18.4 Å². The molecule has 3 aliphatic carbocycles. The summed E-state index contributed by atoms with van der Waals surface area (Å²) in [5.74, 6) is -6.64. The van der Waals surface area contributed by atoms with Gasteiger partial charge in [0.1, 0.15) is 5.76 Å². The molecule has 0 amide bonds. The van der Waals surface area contributed by atoms with Crippen LogP contribution in [0, 0.1) is 5.92 Å². The van der Waals surface area contributed by atoms with Crippen molar-refractivity contribution in [2.75, 3.05) is 0 Å². The van der Waals surface area contributed by atoms with E-state index < -0.39 is 72.0 Å². The van der Waals surface area contributed by atoms with Crippen molar-refractivity contribution in [2.45, 2.75) is 81.2 Å². The van der Waals surface area contributed by atoms with E-state index in [-0.39, 0.29) is 29.6 Å². The van der Waals surface area contributed by atoms with Crippen molar-refractivity contribution in [2.24, 2.45) is 5.92 Å². The number of rotatable bonds is 9. The molecule has 1 saturated carbocycles. The van der Waals surface area contributed by atoms with E-state index in [1.807, 2.05) is 6.07 Å². The molecule has 1 aromatic rings. The van der Waals surface area contributed by atoms with Crippen LogP contribution in [0.1, 0.15) is 56.6 Å². The van der Waals surface area contributed by atoms with Gasteiger partial charge in [-0.3, -0.25) is 14.4 Å². The number of hydrogen-bond donors (Lipinski definition) is 4. The number of carboxylic acid groups (broad SMARTS) is 2. The van der Waals surface area contributed by atoms with Gasteiger partial charge in [0.15, 0.2) is 17.6 Å². The summed E-state index contributed by atoms with van der Waals surface area (Å²) in [6.07, 6.45) is -2.45. The van der Waals surface area contributed by atoms with Gasteiger partial charge in [0.2, 0.25) is 12.2 Å². The predicted molar refractivity (Wildman–Crippen MR) is 129 cm³/mol. The van der Waals surface area contributed by atoms with Crippen molar-refractivity contribution in [3.05, 3.63) is 35.1 Å². The number of carboxylic acids is 2. The molecule has 0 saturated heterocycles. The number of carbonyl (C=O) groups excluding carboxylic acids is 3. The van der Waals surface area contributed by atoms with E-state index in [0.717, 1.165) is 25.3 Å². The summed E-state index contributed by atoms with van der Waals surface area (Å²) in [5, 5.41) is 40.6. The van der Waals surface area contributed by atoms with Gasteiger partial charge in [-0.15, -0.1) is 0 Å². The van der Waals surface area contributed by atoms with Crippen LogP contribution in [-0.2, 0) is 50.0 Å². The van der Waals surface area contributed by atoms with Crippen molar-refractivity contribution in [3.63, 3.8) is 0 Å². The second-order valence-corrected chi connectivity index (χ2v) is 10.6. The average molecular weight is 561 g/mol. The predicted octanol–water partition coefficient (Wildman–Crippen LogP) is 1.10. The van der Waals surface area contributed by atoms with Crippen LogP contribution < -0.4 is 4.74 Å². The first-order valence-electron chi connectivity index (χ1n) is 12.8. The second-order valence-electron chi connectivity index (χ2n) is 10.6. The molecule has 1 heterocycles. The molecule has 0 unspecified atom stereocenters. The highest BCUT2D eigenvalue weighted by Gasteiger charge is 2.70. The zero-order chi connectivity index (χ0) is 29.0. The number of phenols is 1. The fourth-order valence-corrected chi connectivity index (χ4v) is 6.78. The van der Waals surface area contributed by atoms with Gasteiger partial charge in [-0.05, 0) is 49.3 Å². The molecule has 0 radical (unpaired) electrons. The Morgan fingerprint density at radius 3 is 2.52 bits per heavy atom. The van der Waals surface area contributed by atoms with Crippen LogP contribution >= 0.6 is 0 Å². The van der Waals surface area contributed by atoms with E-state index in [4.69, 9.17) is 29.2 Å². The molecule has 4 N–H and O–H groups in total. The fourth-order valence-electron chi connectivity index (χ4n) is 6.78. The third-order valence-corrected chi connectivity index (χ3v) is 8.31. The zero-order valence-corrected chi connectivity index (χ0v) is 21.5. The maximum atomic E-state index is 13.0. The lowest BCUT2D eigenvalue weighted by Crippen LogP contribution is -2.67. The van der Waals surface area contributed by atoms with Crippen LogP contribution in [-0.4, -0.2) is 74.2 Å². The van der Waals surface area contributed by atoms with Crippen molar-refractivity contribution >= 4 is 29.8 Å². The van der Waals surface area contributed by atoms with Crippen LogP contribution in [0.5, 0.6) is 11.5 Å². The van der Waals surface area contributed by atoms with Crippen molar-refractivity contribution < 1.29 is 63.3 Å². The van der Waals surface area contributed by atoms with Gasteiger partial charge in [-0.2, -0.15) is 0 Å². The molecule has 2 bridgehead atoms. The molecular formula is C27H28O13. The highest BCUT2D eigenvalue weighted by molar-refractivity contribution is 5.87. The van der Waals surface area contributed by atoms with E-state index in [9.17, 15) is 34.2 Å². The number of hydrogen-bond acceptors (Lipinski definition) is 11. The lowest BCUT2D eigenvalue weighted by molar-refractivity contribution is -0.180. The maximum absolute atomic E-state index is 13.0. The quantitative estimate of drug-likeness (QED) is 0.247. The highest BCUT2D eigenvalue weighted by Crippen LogP contribution is 2.67. The van der Waals surface area contributed by atoms with Gasteiger partial charge in [-0.25, -0.2) is 9.59 Å². The van der Waals surface area contributed by atoms with Gasteiger partial charge in [0.05, 0.1) is 23.9 Å². The first-order valence-corrected chi connectivity index (χ1v) is 12.8. The molecule has 40 heavy (non-hydrogen) atoms. The number of phenolic OH excluding ortho intramolecular Hbond substituents is 1. The van der Waals surface area contributed by atoms with Gasteiger partial charge < -0.3 is 39.4 Å². The number of carbonyl (C=O) groups is 5. The Morgan fingerprint density at radius 1 is 1.10 bits per heavy atom. The Kier molecular flexibility index (Phi) is 6.73. The van der Waals surface area contributed by atoms with E-state index in [2.05, 4.69) is 0 Å². The average Bonchev–Trinajstić information content (AvgIpc) is 3.21. The molecule has 1 fully saturated rings. The molecule has 6 atom stereocenters. The summed E-state index contributed by atoms with van der Waals surface area (Å²) in [7, 11) is 0. The van der Waals surface area contributed by atoms with Gasteiger partial charge in [0, 0.05) is 12.5 Å². The van der Waals surface area contributed by atoms with Crippen LogP contribution in [0.15, 0.2) is 24.0 Å². The van der Waals surface area contributed by atoms with Gasteiger partial charge in [-0.1, -0.05) is 12.5 Å². The summed E-state index contributed by atoms with van der Waals surface area (Å²) in [5.41, 5.74) is -0.513. The molecule has 1 aliphatic heterocycles. The van der Waals surface area contributed by atoms with Gasteiger partial charge >= 0.3 is 29.8 Å². The van der Waals surface area contributed by atoms with Crippen molar-refractivity contribution in [1.29, 1.82) is 0 Å². The number of ether oxygens (including phenoxy) is 4. The van der Waals surface area contributed by atoms with Gasteiger partial charge in [0.25, 0.3) is 0 Å². The second kappa shape index (κ2) is 9.81. The molecule has 1 aromatic carbocycles. The number of aliphatic carboxylic acids is 2. The molecule has 13 nitrogen and oxygen atoms in total. The Morgan fingerprint density at radius 2 is 1.85 bits per heavy atom. The highest BCUT2D eigenvalue weighted by atomic mass is 16.6. The standard InChI is InChI=1S/C27H28O13/c1-12(28)37-18(25(35)39-17(24(33)34)10-19(30)31)11-20(32)38-16-6-8-27(36)14-3-2-7-26(27)21-13(9-14)4-5-15(29)22(21)40-23(16)26/h4-6,14,17-18,23,29,36H,2-3,7-11H2,1H3,(H,30,31)(H,33,34)/t14-,17-,18+,23+,26+,27-/m1/s1. The lowest BCUT2D eigenvalue weighted by atomic mass is 9.47. The van der Waals surface area contributed by atoms with Crippen LogP contribution in [0.25, 0.3) is 0 Å². The van der Waals surface area contributed by atoms with E-state index >= 15 is 0 Å². The SMILES string of the molecule is CC(=O)O[C@@H](CC(=O)OC1=CC[C@@]2(O)[C@@H]3CCC[C@@]24c2c(ccc(O)c2O[C@@H]14)C3)C(=O)O[C@H](CC(=O)O)C(=O)O. The number of benzene rings is 1. The summed E-state index contributed by atoms with van der Waals surface area (Å²) in [6.45, 7) is 0.956. The minimum absolute atomic E-state index is 0.0583. The third-order valence-electron chi connectivity index (χ3n) is 8.31. The topological polar surface area (TPSA) is 203 Å². The van der Waals surface area contributed by atoms with E-state index in [1.165, 1.54) is 6.07 Å². The monoisotopic (exact) mass is 560 g/mol. The molecule has 13 heteroatoms. The largest absolute Gasteiger partial charge is 0.504 e. The Labute approximate surface area is 227 Å². The van der Waals surface area contributed by atoms with Crippen LogP contribution in [0.2, 0.25) is 0 Å². The number of aliphatic hydroxyl groups is 1. The van der Waals surface area contributed by atoms with Crippen LogP contribution in [0.3, 0.4) is 0 Å². The molecule has 5 rings (SSSR count). The minimum atomic E-state index is -2.07. The molecule has 4 aliphatic rings. The fraction of sp³-hybridized carbons (Fsp3) is 0.519. The van der Waals surface area contributed by atoms with Crippen molar-refractivity contribution in [3.8, 4) is 11.5 Å². The first-order chi connectivity index (χ1) is 18.9. The zero-order valence-electron chi connectivity index (χ0n) is 21.5. The Bertz CT molecular complexity index is 1330. The maximum Gasteiger partial charge on any atom is 0.348 e. The summed E-state index contributed by atoms with van der Waals surface area (Å²) < 4.78 is 21.3. The van der Waals surface area contributed by atoms with Crippen LogP contribution in [0.4, 0.5) is 0 Å². The number of aromatic hydroxyl groups is 1. The molecule has 1 spiro atoms. The normalized spacial score (nSPS) is 28.6. The summed E-state index contributed by atoms with van der Waals surface area (Å²) in [4.78, 5) is 59.4. The molecule has 0 aromatic heterocycles. The number of esters is 3. The molecule has 214 valence electrons.